The van der Waals surface area contributed by atoms with E-state index in [2.05, 4.69) is 52.8 Å². The largest absolute Gasteiger partial charge is 0.356 e. The van der Waals surface area contributed by atoms with E-state index in [0.717, 1.165) is 47.1 Å². The summed E-state index contributed by atoms with van der Waals surface area (Å²) < 4.78 is 3.13. The molecule has 0 saturated carbocycles. The SMILES string of the molecule is Brc1ccc2ncnc(N3CCC(n4cccn4)CC3)c2c1. The smallest absolute Gasteiger partial charge is 0.139 e. The Bertz CT molecular complexity index is 778. The van der Waals surface area contributed by atoms with E-state index in [1.807, 2.05) is 24.4 Å². The van der Waals surface area contributed by atoms with Gasteiger partial charge in [0.05, 0.1) is 11.6 Å². The summed E-state index contributed by atoms with van der Waals surface area (Å²) in [6.07, 6.45) is 7.73. The molecule has 0 unspecified atom stereocenters. The summed E-state index contributed by atoms with van der Waals surface area (Å²) in [6, 6.07) is 8.63. The maximum absolute atomic E-state index is 4.53. The van der Waals surface area contributed by atoms with Crippen molar-refractivity contribution in [3.8, 4) is 0 Å². The number of nitrogens with zero attached hydrogens (tertiary/aromatic N) is 5. The zero-order chi connectivity index (χ0) is 14.9. The van der Waals surface area contributed by atoms with Gasteiger partial charge in [0.2, 0.25) is 0 Å². The number of halogens is 1. The van der Waals surface area contributed by atoms with Crippen molar-refractivity contribution in [3.05, 3.63) is 47.5 Å². The molecule has 3 aromatic rings. The fourth-order valence-corrected chi connectivity index (χ4v) is 3.47. The third-order valence-electron chi connectivity index (χ3n) is 4.24. The Morgan fingerprint density at radius 1 is 1.14 bits per heavy atom. The average Bonchev–Trinajstić information content (AvgIpc) is 3.09. The quantitative estimate of drug-likeness (QED) is 0.704. The highest BCUT2D eigenvalue weighted by atomic mass is 79.9. The number of piperidine rings is 1. The van der Waals surface area contributed by atoms with Gasteiger partial charge in [0.25, 0.3) is 0 Å². The molecule has 4 rings (SSSR count). The van der Waals surface area contributed by atoms with Crippen LogP contribution in [-0.2, 0) is 0 Å². The van der Waals surface area contributed by atoms with E-state index in [1.165, 1.54) is 0 Å². The molecular formula is C16H16BrN5. The van der Waals surface area contributed by atoms with Crippen LogP contribution in [0, 0.1) is 0 Å². The maximum atomic E-state index is 4.53. The minimum atomic E-state index is 0.492. The van der Waals surface area contributed by atoms with Gasteiger partial charge in [-0.3, -0.25) is 4.68 Å². The first-order valence-corrected chi connectivity index (χ1v) is 8.25. The molecule has 1 aliphatic heterocycles. The van der Waals surface area contributed by atoms with Crippen molar-refractivity contribution >= 4 is 32.7 Å². The first-order chi connectivity index (χ1) is 10.8. The van der Waals surface area contributed by atoms with E-state index in [-0.39, 0.29) is 0 Å². The van der Waals surface area contributed by atoms with Crippen LogP contribution in [0.3, 0.4) is 0 Å². The zero-order valence-electron chi connectivity index (χ0n) is 12.1. The van der Waals surface area contributed by atoms with Gasteiger partial charge in [-0.05, 0) is 37.1 Å². The van der Waals surface area contributed by atoms with Crippen molar-refractivity contribution < 1.29 is 0 Å². The summed E-state index contributed by atoms with van der Waals surface area (Å²) >= 11 is 3.54. The lowest BCUT2D eigenvalue weighted by Gasteiger charge is -2.33. The van der Waals surface area contributed by atoms with Gasteiger partial charge in [-0.2, -0.15) is 5.10 Å². The van der Waals surface area contributed by atoms with E-state index < -0.39 is 0 Å². The first kappa shape index (κ1) is 13.7. The van der Waals surface area contributed by atoms with Crippen molar-refractivity contribution in [1.82, 2.24) is 19.7 Å². The van der Waals surface area contributed by atoms with Gasteiger partial charge in [-0.1, -0.05) is 15.9 Å². The van der Waals surface area contributed by atoms with E-state index in [0.29, 0.717) is 6.04 Å². The molecule has 5 nitrogen and oxygen atoms in total. The number of benzene rings is 1. The van der Waals surface area contributed by atoms with Gasteiger partial charge in [-0.25, -0.2) is 9.97 Å². The van der Waals surface area contributed by atoms with Gasteiger partial charge >= 0.3 is 0 Å². The molecule has 0 aliphatic carbocycles. The highest BCUT2D eigenvalue weighted by Crippen LogP contribution is 2.30. The second kappa shape index (κ2) is 5.68. The minimum Gasteiger partial charge on any atom is -0.356 e. The Balaban J connectivity index is 1.60. The lowest BCUT2D eigenvalue weighted by atomic mass is 10.0. The third kappa shape index (κ3) is 2.47. The molecule has 1 aromatic carbocycles. The van der Waals surface area contributed by atoms with Crippen LogP contribution in [0.4, 0.5) is 5.82 Å². The summed E-state index contributed by atoms with van der Waals surface area (Å²) in [5.74, 6) is 1.03. The number of fused-ring (bicyclic) bond motifs is 1. The molecule has 1 saturated heterocycles. The monoisotopic (exact) mass is 357 g/mol. The zero-order valence-corrected chi connectivity index (χ0v) is 13.6. The van der Waals surface area contributed by atoms with Crippen LogP contribution in [0.5, 0.6) is 0 Å². The average molecular weight is 358 g/mol. The van der Waals surface area contributed by atoms with Crippen LogP contribution in [0.15, 0.2) is 47.5 Å². The van der Waals surface area contributed by atoms with E-state index >= 15 is 0 Å². The maximum Gasteiger partial charge on any atom is 0.139 e. The fourth-order valence-electron chi connectivity index (χ4n) is 3.11. The Labute approximate surface area is 137 Å². The van der Waals surface area contributed by atoms with Crippen molar-refractivity contribution in [3.63, 3.8) is 0 Å². The number of rotatable bonds is 2. The van der Waals surface area contributed by atoms with Crippen LogP contribution < -0.4 is 4.90 Å². The van der Waals surface area contributed by atoms with Gasteiger partial charge in [0.1, 0.15) is 12.1 Å². The van der Waals surface area contributed by atoms with Crippen molar-refractivity contribution in [2.24, 2.45) is 0 Å². The molecule has 1 aliphatic rings. The van der Waals surface area contributed by atoms with Crippen LogP contribution >= 0.6 is 15.9 Å². The summed E-state index contributed by atoms with van der Waals surface area (Å²) in [7, 11) is 0. The summed E-state index contributed by atoms with van der Waals surface area (Å²) in [6.45, 7) is 1.98. The molecule has 112 valence electrons. The molecule has 0 spiro atoms. The first-order valence-electron chi connectivity index (χ1n) is 7.45. The molecule has 22 heavy (non-hydrogen) atoms. The second-order valence-corrected chi connectivity index (χ2v) is 6.48. The van der Waals surface area contributed by atoms with E-state index in [9.17, 15) is 0 Å². The van der Waals surface area contributed by atoms with Gasteiger partial charge in [0.15, 0.2) is 0 Å². The van der Waals surface area contributed by atoms with Gasteiger partial charge in [0, 0.05) is 35.3 Å². The predicted octanol–water partition coefficient (Wildman–Crippen LogP) is 3.43. The second-order valence-electron chi connectivity index (χ2n) is 5.56. The van der Waals surface area contributed by atoms with E-state index in [1.54, 1.807) is 6.33 Å². The van der Waals surface area contributed by atoms with Crippen molar-refractivity contribution in [2.45, 2.75) is 18.9 Å². The molecule has 2 aromatic heterocycles. The summed E-state index contributed by atoms with van der Waals surface area (Å²) in [5.41, 5.74) is 0.988. The Kier molecular flexibility index (Phi) is 3.54. The molecule has 0 radical (unpaired) electrons. The van der Waals surface area contributed by atoms with Crippen LogP contribution in [0.25, 0.3) is 10.9 Å². The summed E-state index contributed by atoms with van der Waals surface area (Å²) in [4.78, 5) is 11.2. The Hall–Kier alpha value is -1.95. The molecule has 0 N–H and O–H groups in total. The standard InChI is InChI=1S/C16H16BrN5/c17-12-2-3-15-14(10-12)16(19-11-18-15)21-8-4-13(5-9-21)22-7-1-6-20-22/h1-3,6-7,10-11,13H,4-5,8-9H2. The van der Waals surface area contributed by atoms with Crippen LogP contribution in [0.1, 0.15) is 18.9 Å². The van der Waals surface area contributed by atoms with Gasteiger partial charge in [-0.15, -0.1) is 0 Å². The Morgan fingerprint density at radius 2 is 2.00 bits per heavy atom. The molecule has 3 heterocycles. The lowest BCUT2D eigenvalue weighted by Crippen LogP contribution is -2.35. The highest BCUT2D eigenvalue weighted by molar-refractivity contribution is 9.10. The van der Waals surface area contributed by atoms with Gasteiger partial charge < -0.3 is 4.90 Å². The Morgan fingerprint density at radius 3 is 2.77 bits per heavy atom. The normalized spacial score (nSPS) is 16.3. The van der Waals surface area contributed by atoms with Crippen molar-refractivity contribution in [1.29, 1.82) is 0 Å². The van der Waals surface area contributed by atoms with Crippen LogP contribution in [-0.4, -0.2) is 32.8 Å². The highest BCUT2D eigenvalue weighted by Gasteiger charge is 2.22. The molecular weight excluding hydrogens is 342 g/mol. The molecule has 1 fully saturated rings. The third-order valence-corrected chi connectivity index (χ3v) is 4.73. The number of anilines is 1. The fraction of sp³-hybridized carbons (Fsp3) is 0.312. The van der Waals surface area contributed by atoms with Crippen LogP contribution in [0.2, 0.25) is 0 Å². The molecule has 0 bridgehead atoms. The molecule has 6 heteroatoms. The number of hydrogen-bond donors (Lipinski definition) is 0. The van der Waals surface area contributed by atoms with Crippen molar-refractivity contribution in [2.75, 3.05) is 18.0 Å². The molecule has 0 atom stereocenters. The summed E-state index contributed by atoms with van der Waals surface area (Å²) in [5, 5.41) is 5.47. The lowest BCUT2D eigenvalue weighted by molar-refractivity contribution is 0.366. The number of aromatic nitrogens is 4. The number of hydrogen-bond acceptors (Lipinski definition) is 4. The minimum absolute atomic E-state index is 0.492. The predicted molar refractivity (Wildman–Crippen MR) is 89.9 cm³/mol. The van der Waals surface area contributed by atoms with E-state index in [4.69, 9.17) is 0 Å². The molecule has 0 amide bonds. The topological polar surface area (TPSA) is 46.8 Å².